The van der Waals surface area contributed by atoms with E-state index in [2.05, 4.69) is 43.6 Å². The molecule has 2 heteroatoms. The number of halogens is 1. The Bertz CT molecular complexity index is 91.6. The van der Waals surface area contributed by atoms with Crippen molar-refractivity contribution in [3.63, 3.8) is 0 Å². The first-order valence-electron chi connectivity index (χ1n) is 4.28. The Morgan fingerprint density at radius 3 is 2.09 bits per heavy atom. The van der Waals surface area contributed by atoms with E-state index in [0.717, 1.165) is 18.9 Å². The fraction of sp³-hybridized carbons (Fsp3) is 1.00. The average molecular weight is 223 g/mol. The number of rotatable bonds is 5. The monoisotopic (exact) mass is 222 g/mol. The predicted octanol–water partition coefficient (Wildman–Crippen LogP) is 3.22. The maximum Gasteiger partial charge on any atom is 0.0592 e. The fourth-order valence-corrected chi connectivity index (χ4v) is 1.18. The van der Waals surface area contributed by atoms with Crippen LogP contribution in [0.15, 0.2) is 0 Å². The molecule has 0 radical (unpaired) electrons. The van der Waals surface area contributed by atoms with E-state index in [-0.39, 0.29) is 0 Å². The number of alkyl halides is 1. The first kappa shape index (κ1) is 11.4. The second-order valence-corrected chi connectivity index (χ2v) is 5.12. The van der Waals surface area contributed by atoms with E-state index >= 15 is 0 Å². The third kappa shape index (κ3) is 8.35. The Kier molecular flexibility index (Phi) is 6.25. The Morgan fingerprint density at radius 1 is 1.18 bits per heavy atom. The van der Waals surface area contributed by atoms with Crippen LogP contribution in [0.2, 0.25) is 0 Å². The van der Waals surface area contributed by atoms with E-state index in [1.807, 2.05) is 0 Å². The molecule has 0 rings (SSSR count). The molecule has 0 heterocycles. The maximum atomic E-state index is 5.57. The average Bonchev–Trinajstić information content (AvgIpc) is 1.82. The summed E-state index contributed by atoms with van der Waals surface area (Å²) in [6.45, 7) is 9.49. The minimum absolute atomic E-state index is 0.398. The quantitative estimate of drug-likeness (QED) is 0.650. The summed E-state index contributed by atoms with van der Waals surface area (Å²) in [6.07, 6.45) is 1.55. The van der Waals surface area contributed by atoms with Crippen LogP contribution in [-0.4, -0.2) is 17.5 Å². The number of hydrogen-bond acceptors (Lipinski definition) is 1. The SMILES string of the molecule is CC(C)CC(C)OCC(C)Br. The Hall–Kier alpha value is 0.440. The van der Waals surface area contributed by atoms with Gasteiger partial charge in [-0.05, 0) is 19.3 Å². The van der Waals surface area contributed by atoms with Gasteiger partial charge in [-0.3, -0.25) is 0 Å². The van der Waals surface area contributed by atoms with Crippen molar-refractivity contribution < 1.29 is 4.74 Å². The Morgan fingerprint density at radius 2 is 1.73 bits per heavy atom. The molecule has 0 spiro atoms. The van der Waals surface area contributed by atoms with Gasteiger partial charge in [0, 0.05) is 4.83 Å². The lowest BCUT2D eigenvalue weighted by Gasteiger charge is -2.15. The van der Waals surface area contributed by atoms with Crippen molar-refractivity contribution in [2.75, 3.05) is 6.61 Å². The van der Waals surface area contributed by atoms with Crippen LogP contribution in [0, 0.1) is 5.92 Å². The summed E-state index contributed by atoms with van der Waals surface area (Å²) in [5, 5.41) is 0. The van der Waals surface area contributed by atoms with Gasteiger partial charge >= 0.3 is 0 Å². The number of hydrogen-bond donors (Lipinski definition) is 0. The molecule has 0 bridgehead atoms. The van der Waals surface area contributed by atoms with Gasteiger partial charge in [0.2, 0.25) is 0 Å². The van der Waals surface area contributed by atoms with Crippen molar-refractivity contribution in [2.45, 2.75) is 45.0 Å². The Balaban J connectivity index is 3.29. The third-order valence-electron chi connectivity index (χ3n) is 1.41. The van der Waals surface area contributed by atoms with Crippen molar-refractivity contribution in [1.29, 1.82) is 0 Å². The molecule has 0 saturated carbocycles. The minimum atomic E-state index is 0.398. The lowest BCUT2D eigenvalue weighted by molar-refractivity contribution is 0.0554. The van der Waals surface area contributed by atoms with Gasteiger partial charge in [-0.2, -0.15) is 0 Å². The van der Waals surface area contributed by atoms with E-state index in [4.69, 9.17) is 4.74 Å². The fourth-order valence-electron chi connectivity index (χ4n) is 1.03. The Labute approximate surface area is 78.6 Å². The largest absolute Gasteiger partial charge is 0.377 e. The standard InChI is InChI=1S/C9H19BrO/c1-7(2)5-9(4)11-6-8(3)10/h7-9H,5-6H2,1-4H3. The molecule has 0 aliphatic heterocycles. The summed E-state index contributed by atoms with van der Waals surface area (Å²) in [5.74, 6) is 0.732. The topological polar surface area (TPSA) is 9.23 Å². The van der Waals surface area contributed by atoms with E-state index in [0.29, 0.717) is 10.9 Å². The number of ether oxygens (including phenoxy) is 1. The van der Waals surface area contributed by atoms with Crippen LogP contribution in [0.3, 0.4) is 0 Å². The highest BCUT2D eigenvalue weighted by atomic mass is 79.9. The molecule has 0 saturated heterocycles. The molecule has 11 heavy (non-hydrogen) atoms. The van der Waals surface area contributed by atoms with Gasteiger partial charge in [0.05, 0.1) is 12.7 Å². The molecule has 2 atom stereocenters. The second kappa shape index (κ2) is 6.01. The van der Waals surface area contributed by atoms with Gasteiger partial charge in [-0.15, -0.1) is 0 Å². The molecule has 0 aliphatic rings. The van der Waals surface area contributed by atoms with E-state index in [1.165, 1.54) is 0 Å². The zero-order valence-corrected chi connectivity index (χ0v) is 9.52. The lowest BCUT2D eigenvalue weighted by Crippen LogP contribution is -2.15. The van der Waals surface area contributed by atoms with Crippen molar-refractivity contribution in [1.82, 2.24) is 0 Å². The van der Waals surface area contributed by atoms with Crippen molar-refractivity contribution >= 4 is 15.9 Å². The molecule has 1 nitrogen and oxygen atoms in total. The predicted molar refractivity (Wildman–Crippen MR) is 53.3 cm³/mol. The normalized spacial score (nSPS) is 16.9. The summed E-state index contributed by atoms with van der Waals surface area (Å²) in [6, 6.07) is 0. The first-order valence-corrected chi connectivity index (χ1v) is 5.19. The van der Waals surface area contributed by atoms with Crippen molar-refractivity contribution in [2.24, 2.45) is 5.92 Å². The highest BCUT2D eigenvalue weighted by molar-refractivity contribution is 9.09. The summed E-state index contributed by atoms with van der Waals surface area (Å²) >= 11 is 3.44. The molecule has 0 aromatic rings. The van der Waals surface area contributed by atoms with Crippen molar-refractivity contribution in [3.05, 3.63) is 0 Å². The molecule has 0 aliphatic carbocycles. The molecule has 68 valence electrons. The van der Waals surface area contributed by atoms with Crippen LogP contribution in [-0.2, 0) is 4.74 Å². The molecule has 0 N–H and O–H groups in total. The molecule has 2 unspecified atom stereocenters. The second-order valence-electron chi connectivity index (χ2n) is 3.55. The molecule has 0 amide bonds. The zero-order valence-electron chi connectivity index (χ0n) is 7.93. The summed E-state index contributed by atoms with van der Waals surface area (Å²) in [4.78, 5) is 0.470. The van der Waals surface area contributed by atoms with E-state index < -0.39 is 0 Å². The highest BCUT2D eigenvalue weighted by Crippen LogP contribution is 2.09. The van der Waals surface area contributed by atoms with Crippen LogP contribution in [0.1, 0.15) is 34.1 Å². The smallest absolute Gasteiger partial charge is 0.0592 e. The van der Waals surface area contributed by atoms with Crippen LogP contribution >= 0.6 is 15.9 Å². The van der Waals surface area contributed by atoms with Gasteiger partial charge < -0.3 is 4.74 Å². The molecular weight excluding hydrogens is 204 g/mol. The van der Waals surface area contributed by atoms with Gasteiger partial charge in [0.25, 0.3) is 0 Å². The first-order chi connectivity index (χ1) is 5.02. The molecule has 0 aromatic carbocycles. The highest BCUT2D eigenvalue weighted by Gasteiger charge is 2.05. The van der Waals surface area contributed by atoms with Crippen LogP contribution in [0.5, 0.6) is 0 Å². The summed E-state index contributed by atoms with van der Waals surface area (Å²) < 4.78 is 5.57. The minimum Gasteiger partial charge on any atom is -0.377 e. The third-order valence-corrected chi connectivity index (χ3v) is 1.68. The van der Waals surface area contributed by atoms with E-state index in [1.54, 1.807) is 0 Å². The van der Waals surface area contributed by atoms with Crippen LogP contribution < -0.4 is 0 Å². The molecular formula is C9H19BrO. The van der Waals surface area contributed by atoms with Gasteiger partial charge in [-0.1, -0.05) is 36.7 Å². The van der Waals surface area contributed by atoms with Gasteiger partial charge in [0.1, 0.15) is 0 Å². The molecule has 0 fully saturated rings. The van der Waals surface area contributed by atoms with Gasteiger partial charge in [0.15, 0.2) is 0 Å². The zero-order chi connectivity index (χ0) is 8.85. The van der Waals surface area contributed by atoms with Crippen LogP contribution in [0.4, 0.5) is 0 Å². The lowest BCUT2D eigenvalue weighted by atomic mass is 10.1. The summed E-state index contributed by atoms with van der Waals surface area (Å²) in [7, 11) is 0. The van der Waals surface area contributed by atoms with E-state index in [9.17, 15) is 0 Å². The summed E-state index contributed by atoms with van der Waals surface area (Å²) in [5.41, 5.74) is 0. The van der Waals surface area contributed by atoms with Crippen LogP contribution in [0.25, 0.3) is 0 Å². The maximum absolute atomic E-state index is 5.57. The molecule has 0 aromatic heterocycles. The van der Waals surface area contributed by atoms with Crippen molar-refractivity contribution in [3.8, 4) is 0 Å². The van der Waals surface area contributed by atoms with Gasteiger partial charge in [-0.25, -0.2) is 0 Å².